The third kappa shape index (κ3) is 4.59. The maximum absolute atomic E-state index is 13.3. The highest BCUT2D eigenvalue weighted by Gasteiger charge is 2.29. The first kappa shape index (κ1) is 20.2. The zero-order valence-electron chi connectivity index (χ0n) is 16.3. The average Bonchev–Trinajstić information content (AvgIpc) is 3.63. The molecule has 0 spiro atoms. The largest absolute Gasteiger partial charge is 0.484 e. The summed E-state index contributed by atoms with van der Waals surface area (Å²) < 4.78 is 10.7. The van der Waals surface area contributed by atoms with E-state index < -0.39 is 16.7 Å². The quantitative estimate of drug-likeness (QED) is 0.250. The van der Waals surface area contributed by atoms with Crippen molar-refractivity contribution in [3.05, 3.63) is 100 Å². The van der Waals surface area contributed by atoms with E-state index in [2.05, 4.69) is 0 Å². The van der Waals surface area contributed by atoms with Crippen LogP contribution in [-0.2, 0) is 4.74 Å². The third-order valence-electron chi connectivity index (χ3n) is 4.67. The molecule has 31 heavy (non-hydrogen) atoms. The van der Waals surface area contributed by atoms with Crippen molar-refractivity contribution in [2.24, 2.45) is 0 Å². The summed E-state index contributed by atoms with van der Waals surface area (Å²) in [6, 6.07) is 20.6. The number of anilines is 1. The second-order valence-electron chi connectivity index (χ2n) is 6.85. The Morgan fingerprint density at radius 3 is 2.00 bits per heavy atom. The van der Waals surface area contributed by atoms with E-state index in [1.165, 1.54) is 18.2 Å². The Balaban J connectivity index is 1.76. The molecule has 1 aliphatic rings. The Kier molecular flexibility index (Phi) is 5.72. The molecule has 0 aromatic heterocycles. The van der Waals surface area contributed by atoms with Gasteiger partial charge in [-0.05, 0) is 30.3 Å². The molecule has 1 heterocycles. The lowest BCUT2D eigenvalue weighted by atomic mass is 10.1. The summed E-state index contributed by atoms with van der Waals surface area (Å²) in [5, 5.41) is 11.4. The van der Waals surface area contributed by atoms with Gasteiger partial charge in [-0.15, -0.1) is 0 Å². The van der Waals surface area contributed by atoms with Crippen molar-refractivity contribution in [2.75, 3.05) is 18.1 Å². The molecular weight excluding hydrogens is 400 g/mol. The second-order valence-corrected chi connectivity index (χ2v) is 6.85. The molecule has 1 atom stereocenters. The van der Waals surface area contributed by atoms with Gasteiger partial charge in [0, 0.05) is 23.3 Å². The zero-order valence-corrected chi connectivity index (χ0v) is 16.3. The predicted octanol–water partition coefficient (Wildman–Crippen LogP) is 3.86. The molecule has 1 fully saturated rings. The maximum atomic E-state index is 13.3. The van der Waals surface area contributed by atoms with Gasteiger partial charge in [0.15, 0.2) is 5.75 Å². The molecule has 0 saturated carbocycles. The summed E-state index contributed by atoms with van der Waals surface area (Å²) in [5.41, 5.74) is 0.515. The van der Waals surface area contributed by atoms with E-state index in [4.69, 9.17) is 9.47 Å². The van der Waals surface area contributed by atoms with Crippen LogP contribution in [0.5, 0.6) is 5.75 Å². The number of ether oxygens (including phenoxy) is 2. The molecular formula is C23H18N2O6. The van der Waals surface area contributed by atoms with E-state index in [1.54, 1.807) is 60.7 Å². The predicted molar refractivity (Wildman–Crippen MR) is 112 cm³/mol. The molecule has 1 unspecified atom stereocenters. The van der Waals surface area contributed by atoms with E-state index in [0.717, 1.165) is 4.90 Å². The van der Waals surface area contributed by atoms with Crippen LogP contribution in [0.3, 0.4) is 0 Å². The number of carbonyl (C=O) groups is 2. The number of hydrogen-bond donors (Lipinski definition) is 0. The van der Waals surface area contributed by atoms with Gasteiger partial charge in [0.2, 0.25) is 0 Å². The molecule has 0 bridgehead atoms. The number of benzene rings is 3. The fourth-order valence-electron chi connectivity index (χ4n) is 3.00. The lowest BCUT2D eigenvalue weighted by Crippen LogP contribution is -2.37. The van der Waals surface area contributed by atoms with Crippen molar-refractivity contribution in [3.8, 4) is 5.75 Å². The van der Waals surface area contributed by atoms with Gasteiger partial charge < -0.3 is 9.47 Å². The lowest BCUT2D eigenvalue weighted by Gasteiger charge is -2.22. The van der Waals surface area contributed by atoms with Crippen molar-refractivity contribution in [2.45, 2.75) is 6.10 Å². The van der Waals surface area contributed by atoms with Crippen molar-refractivity contribution in [1.82, 2.24) is 0 Å². The Morgan fingerprint density at radius 2 is 1.52 bits per heavy atom. The Bertz CT molecular complexity index is 1060. The first-order valence-corrected chi connectivity index (χ1v) is 9.56. The van der Waals surface area contributed by atoms with Gasteiger partial charge in [0.1, 0.15) is 12.7 Å². The minimum absolute atomic E-state index is 0.0373. The standard InChI is InChI=1S/C23H18N2O6/c26-22(16-7-3-1-4-8-16)24(23(27)17-9-5-2-6-10-17)18-11-12-20(25(28)29)21(13-18)31-15-19-14-30-19/h1-13,19H,14-15H2. The molecule has 156 valence electrons. The van der Waals surface area contributed by atoms with E-state index in [0.29, 0.717) is 17.7 Å². The highest BCUT2D eigenvalue weighted by Crippen LogP contribution is 2.33. The van der Waals surface area contributed by atoms with Crippen molar-refractivity contribution in [1.29, 1.82) is 0 Å². The topological polar surface area (TPSA) is 102 Å². The van der Waals surface area contributed by atoms with Gasteiger partial charge in [-0.1, -0.05) is 36.4 Å². The van der Waals surface area contributed by atoms with Crippen LogP contribution < -0.4 is 9.64 Å². The van der Waals surface area contributed by atoms with Crippen LogP contribution in [0, 0.1) is 10.1 Å². The summed E-state index contributed by atoms with van der Waals surface area (Å²) >= 11 is 0. The molecule has 3 aromatic carbocycles. The van der Waals surface area contributed by atoms with Crippen LogP contribution in [0.15, 0.2) is 78.9 Å². The number of carbonyl (C=O) groups excluding carboxylic acids is 2. The van der Waals surface area contributed by atoms with E-state index in [9.17, 15) is 19.7 Å². The summed E-state index contributed by atoms with van der Waals surface area (Å²) in [5.74, 6) is -1.15. The maximum Gasteiger partial charge on any atom is 0.311 e. The summed E-state index contributed by atoms with van der Waals surface area (Å²) in [6.45, 7) is 0.669. The lowest BCUT2D eigenvalue weighted by molar-refractivity contribution is -0.385. The van der Waals surface area contributed by atoms with Gasteiger partial charge in [-0.25, -0.2) is 4.90 Å². The third-order valence-corrected chi connectivity index (χ3v) is 4.67. The highest BCUT2D eigenvalue weighted by molar-refractivity contribution is 6.25. The summed E-state index contributed by atoms with van der Waals surface area (Å²) in [7, 11) is 0. The van der Waals surface area contributed by atoms with Crippen LogP contribution in [0.2, 0.25) is 0 Å². The molecule has 0 aliphatic carbocycles. The van der Waals surface area contributed by atoms with Crippen LogP contribution in [0.4, 0.5) is 11.4 Å². The first-order valence-electron chi connectivity index (χ1n) is 9.56. The monoisotopic (exact) mass is 418 g/mol. The molecule has 1 aliphatic heterocycles. The molecule has 0 radical (unpaired) electrons. The van der Waals surface area contributed by atoms with E-state index >= 15 is 0 Å². The minimum Gasteiger partial charge on any atom is -0.484 e. The Morgan fingerprint density at radius 1 is 0.968 bits per heavy atom. The molecule has 4 rings (SSSR count). The number of nitro groups is 1. The van der Waals surface area contributed by atoms with Crippen molar-refractivity contribution >= 4 is 23.2 Å². The average molecular weight is 418 g/mol. The van der Waals surface area contributed by atoms with Crippen LogP contribution in [0.1, 0.15) is 20.7 Å². The number of nitrogens with zero attached hydrogens (tertiary/aromatic N) is 2. The molecule has 3 aromatic rings. The summed E-state index contributed by atoms with van der Waals surface area (Å²) in [6.07, 6.45) is -0.115. The number of rotatable bonds is 7. The normalized spacial score (nSPS) is 14.5. The van der Waals surface area contributed by atoms with E-state index in [1.807, 2.05) is 0 Å². The summed E-state index contributed by atoms with van der Waals surface area (Å²) in [4.78, 5) is 38.4. The van der Waals surface area contributed by atoms with Gasteiger partial charge in [0.25, 0.3) is 11.8 Å². The molecule has 1 saturated heterocycles. The molecule has 8 nitrogen and oxygen atoms in total. The smallest absolute Gasteiger partial charge is 0.311 e. The number of hydrogen-bond acceptors (Lipinski definition) is 6. The Hall–Kier alpha value is -4.04. The van der Waals surface area contributed by atoms with Gasteiger partial charge in [0.05, 0.1) is 17.2 Å². The zero-order chi connectivity index (χ0) is 21.8. The van der Waals surface area contributed by atoms with Crippen LogP contribution >= 0.6 is 0 Å². The fraction of sp³-hybridized carbons (Fsp3) is 0.130. The number of imide groups is 1. The van der Waals surface area contributed by atoms with Crippen molar-refractivity contribution in [3.63, 3.8) is 0 Å². The minimum atomic E-state index is -0.574. The highest BCUT2D eigenvalue weighted by atomic mass is 16.6. The Labute approximate surface area is 177 Å². The van der Waals surface area contributed by atoms with Gasteiger partial charge in [-0.3, -0.25) is 19.7 Å². The first-order chi connectivity index (χ1) is 15.0. The van der Waals surface area contributed by atoms with Crippen LogP contribution in [0.25, 0.3) is 0 Å². The molecule has 0 N–H and O–H groups in total. The number of epoxide rings is 1. The van der Waals surface area contributed by atoms with Gasteiger partial charge >= 0.3 is 5.69 Å². The number of nitro benzene ring substituents is 1. The fourth-order valence-corrected chi connectivity index (χ4v) is 3.00. The number of amides is 2. The van der Waals surface area contributed by atoms with Crippen molar-refractivity contribution < 1.29 is 24.0 Å². The second kappa shape index (κ2) is 8.76. The molecule has 2 amide bonds. The SMILES string of the molecule is O=C(c1ccccc1)N(C(=O)c1ccccc1)c1ccc([N+](=O)[O-])c(OCC2CO2)c1. The molecule has 8 heteroatoms. The van der Waals surface area contributed by atoms with Crippen LogP contribution in [-0.4, -0.2) is 36.1 Å². The van der Waals surface area contributed by atoms with Gasteiger partial charge in [-0.2, -0.15) is 0 Å². The van der Waals surface area contributed by atoms with E-state index in [-0.39, 0.29) is 29.8 Å².